The summed E-state index contributed by atoms with van der Waals surface area (Å²) < 4.78 is 5.23. The number of carbonyl (C=O) groups excluding carboxylic acids is 2. The molecule has 0 unspecified atom stereocenters. The van der Waals surface area contributed by atoms with E-state index in [4.69, 9.17) is 4.74 Å². The third-order valence-electron chi connectivity index (χ3n) is 5.80. The molecule has 0 radical (unpaired) electrons. The van der Waals surface area contributed by atoms with E-state index >= 15 is 0 Å². The smallest absolute Gasteiger partial charge is 0.256 e. The second kappa shape index (κ2) is 10.2. The summed E-state index contributed by atoms with van der Waals surface area (Å²) in [4.78, 5) is 40.8. The monoisotopic (exact) mass is 445 g/mol. The number of aryl methyl sites for hydroxylation is 1. The molecule has 33 heavy (non-hydrogen) atoms. The summed E-state index contributed by atoms with van der Waals surface area (Å²) >= 11 is 0. The van der Waals surface area contributed by atoms with Crippen molar-refractivity contribution in [3.63, 3.8) is 0 Å². The van der Waals surface area contributed by atoms with E-state index in [9.17, 15) is 9.59 Å². The Kier molecular flexibility index (Phi) is 6.92. The van der Waals surface area contributed by atoms with E-state index in [1.54, 1.807) is 44.8 Å². The fraction of sp³-hybridized carbons (Fsp3) is 0.320. The molecule has 1 aliphatic heterocycles. The minimum absolute atomic E-state index is 0.0749. The van der Waals surface area contributed by atoms with Crippen molar-refractivity contribution in [2.24, 2.45) is 0 Å². The van der Waals surface area contributed by atoms with Crippen molar-refractivity contribution in [2.45, 2.75) is 38.8 Å². The van der Waals surface area contributed by atoms with Crippen LogP contribution in [0.15, 0.2) is 55.0 Å². The molecule has 1 aliphatic rings. The lowest BCUT2D eigenvalue weighted by molar-refractivity contribution is 0.0598. The first kappa shape index (κ1) is 22.4. The van der Waals surface area contributed by atoms with E-state index in [-0.39, 0.29) is 17.9 Å². The highest BCUT2D eigenvalue weighted by molar-refractivity contribution is 5.95. The van der Waals surface area contributed by atoms with Gasteiger partial charge >= 0.3 is 0 Å². The topological polar surface area (TPSA) is 97.3 Å². The molecule has 0 aliphatic carbocycles. The number of nitrogens with one attached hydrogen (secondary N) is 1. The van der Waals surface area contributed by atoms with Crippen LogP contribution in [0.25, 0.3) is 0 Å². The predicted molar refractivity (Wildman–Crippen MR) is 123 cm³/mol. The van der Waals surface area contributed by atoms with Gasteiger partial charge in [-0.1, -0.05) is 12.1 Å². The Hall–Kier alpha value is -3.81. The van der Waals surface area contributed by atoms with Crippen LogP contribution in [0.5, 0.6) is 5.75 Å². The van der Waals surface area contributed by atoms with E-state index in [0.717, 1.165) is 30.6 Å². The van der Waals surface area contributed by atoms with E-state index in [2.05, 4.69) is 20.3 Å². The Morgan fingerprint density at radius 3 is 2.82 bits per heavy atom. The van der Waals surface area contributed by atoms with Crippen molar-refractivity contribution in [1.82, 2.24) is 25.2 Å². The van der Waals surface area contributed by atoms with Crippen molar-refractivity contribution < 1.29 is 14.3 Å². The predicted octanol–water partition coefficient (Wildman–Crippen LogP) is 3.49. The zero-order valence-corrected chi connectivity index (χ0v) is 18.8. The number of methoxy groups -OCH3 is 1. The van der Waals surface area contributed by atoms with Crippen LogP contribution in [0, 0.1) is 6.92 Å². The largest absolute Gasteiger partial charge is 0.497 e. The maximum absolute atomic E-state index is 13.1. The van der Waals surface area contributed by atoms with Gasteiger partial charge in [0.2, 0.25) is 0 Å². The van der Waals surface area contributed by atoms with Gasteiger partial charge in [0.05, 0.1) is 30.0 Å². The quantitative estimate of drug-likeness (QED) is 0.624. The lowest BCUT2D eigenvalue weighted by atomic mass is 10.00. The first-order valence-electron chi connectivity index (χ1n) is 11.0. The van der Waals surface area contributed by atoms with Gasteiger partial charge in [0, 0.05) is 31.7 Å². The Balaban J connectivity index is 1.48. The second-order valence-electron chi connectivity index (χ2n) is 8.01. The molecule has 1 saturated heterocycles. The SMILES string of the molecule is COc1cccc(CNC(=O)c2cnc([C@H]3CCCCN3C(=O)c3cccnc3)nc2C)c1. The maximum atomic E-state index is 13.1. The summed E-state index contributed by atoms with van der Waals surface area (Å²) in [7, 11) is 1.61. The second-order valence-corrected chi connectivity index (χ2v) is 8.01. The summed E-state index contributed by atoms with van der Waals surface area (Å²) in [5.41, 5.74) is 2.49. The molecule has 1 aromatic carbocycles. The van der Waals surface area contributed by atoms with Crippen molar-refractivity contribution >= 4 is 11.8 Å². The van der Waals surface area contributed by atoms with Gasteiger partial charge in [-0.2, -0.15) is 0 Å². The van der Waals surface area contributed by atoms with E-state index in [0.29, 0.717) is 35.7 Å². The van der Waals surface area contributed by atoms with Gasteiger partial charge in [-0.15, -0.1) is 0 Å². The van der Waals surface area contributed by atoms with Crippen LogP contribution in [0.3, 0.4) is 0 Å². The molecule has 1 fully saturated rings. The third-order valence-corrected chi connectivity index (χ3v) is 5.80. The standard InChI is InChI=1S/C25H27N5O3/c1-17-21(24(31)28-14-18-7-5-9-20(13-18)33-2)16-27-23(29-17)22-10-3-4-12-30(22)25(32)19-8-6-11-26-15-19/h5-9,11,13,15-16,22H,3-4,10,12,14H2,1-2H3,(H,28,31)/t22-/m1/s1. The van der Waals surface area contributed by atoms with Crippen molar-refractivity contribution in [2.75, 3.05) is 13.7 Å². The van der Waals surface area contributed by atoms with Crippen LogP contribution >= 0.6 is 0 Å². The van der Waals surface area contributed by atoms with Crippen molar-refractivity contribution in [3.05, 3.63) is 83.2 Å². The average molecular weight is 446 g/mol. The molecule has 1 N–H and O–H groups in total. The number of hydrogen-bond acceptors (Lipinski definition) is 6. The van der Waals surface area contributed by atoms with Crippen LogP contribution in [0.4, 0.5) is 0 Å². The molecule has 8 nitrogen and oxygen atoms in total. The number of aromatic nitrogens is 3. The van der Waals surface area contributed by atoms with E-state index in [1.165, 1.54) is 0 Å². The molecule has 2 amide bonds. The van der Waals surface area contributed by atoms with E-state index < -0.39 is 0 Å². The first-order chi connectivity index (χ1) is 16.1. The number of carbonyl (C=O) groups is 2. The van der Waals surface area contributed by atoms with Crippen LogP contribution in [-0.4, -0.2) is 45.3 Å². The highest BCUT2D eigenvalue weighted by Crippen LogP contribution is 2.30. The summed E-state index contributed by atoms with van der Waals surface area (Å²) in [6, 6.07) is 10.8. The molecule has 4 rings (SSSR count). The first-order valence-corrected chi connectivity index (χ1v) is 11.0. The molecular weight excluding hydrogens is 418 g/mol. The highest BCUT2D eigenvalue weighted by Gasteiger charge is 2.31. The number of amides is 2. The lowest BCUT2D eigenvalue weighted by Gasteiger charge is -2.34. The molecule has 2 aromatic heterocycles. The summed E-state index contributed by atoms with van der Waals surface area (Å²) in [5, 5.41) is 2.91. The highest BCUT2D eigenvalue weighted by atomic mass is 16.5. The van der Waals surface area contributed by atoms with Crippen LogP contribution in [0.2, 0.25) is 0 Å². The molecule has 3 heterocycles. The van der Waals surface area contributed by atoms with Crippen LogP contribution in [-0.2, 0) is 6.54 Å². The number of rotatable bonds is 6. The molecule has 170 valence electrons. The molecule has 8 heteroatoms. The minimum Gasteiger partial charge on any atom is -0.497 e. The Morgan fingerprint density at radius 2 is 2.06 bits per heavy atom. The number of nitrogens with zero attached hydrogens (tertiary/aromatic N) is 4. The molecule has 0 saturated carbocycles. The fourth-order valence-corrected chi connectivity index (χ4v) is 4.03. The molecule has 0 bridgehead atoms. The van der Waals surface area contributed by atoms with Crippen LogP contribution in [0.1, 0.15) is 63.1 Å². The molecule has 0 spiro atoms. The van der Waals surface area contributed by atoms with Gasteiger partial charge in [0.25, 0.3) is 11.8 Å². The normalized spacial score (nSPS) is 15.7. The van der Waals surface area contributed by atoms with E-state index in [1.807, 2.05) is 29.2 Å². The Labute approximate surface area is 193 Å². The summed E-state index contributed by atoms with van der Waals surface area (Å²) in [6.45, 7) is 2.80. The lowest BCUT2D eigenvalue weighted by Crippen LogP contribution is -2.39. The summed E-state index contributed by atoms with van der Waals surface area (Å²) in [5.74, 6) is 0.986. The third kappa shape index (κ3) is 5.16. The zero-order chi connectivity index (χ0) is 23.2. The Bertz CT molecular complexity index is 1140. The Morgan fingerprint density at radius 1 is 1.18 bits per heavy atom. The fourth-order valence-electron chi connectivity index (χ4n) is 4.03. The average Bonchev–Trinajstić information content (AvgIpc) is 2.87. The zero-order valence-electron chi connectivity index (χ0n) is 18.8. The van der Waals surface area contributed by atoms with Gasteiger partial charge in [0.1, 0.15) is 5.75 Å². The minimum atomic E-state index is -0.242. The number of ether oxygens (including phenoxy) is 1. The summed E-state index contributed by atoms with van der Waals surface area (Å²) in [6.07, 6.45) is 7.50. The van der Waals surface area contributed by atoms with Gasteiger partial charge in [-0.25, -0.2) is 9.97 Å². The van der Waals surface area contributed by atoms with Gasteiger partial charge in [-0.05, 0) is 56.0 Å². The van der Waals surface area contributed by atoms with Crippen LogP contribution < -0.4 is 10.1 Å². The molecule has 1 atom stereocenters. The maximum Gasteiger partial charge on any atom is 0.256 e. The van der Waals surface area contributed by atoms with Crippen molar-refractivity contribution in [1.29, 1.82) is 0 Å². The molecule has 3 aromatic rings. The van der Waals surface area contributed by atoms with Crippen molar-refractivity contribution in [3.8, 4) is 5.75 Å². The van der Waals surface area contributed by atoms with Gasteiger partial charge < -0.3 is 15.0 Å². The number of likely N-dealkylation sites (tertiary alicyclic amines) is 1. The van der Waals surface area contributed by atoms with Gasteiger partial charge in [0.15, 0.2) is 5.82 Å². The molecular formula is C25H27N5O3. The van der Waals surface area contributed by atoms with Gasteiger partial charge in [-0.3, -0.25) is 14.6 Å². The number of piperidine rings is 1. The number of benzene rings is 1. The number of hydrogen-bond donors (Lipinski definition) is 1. The number of pyridine rings is 1.